The van der Waals surface area contributed by atoms with Gasteiger partial charge in [-0.3, -0.25) is 0 Å². The van der Waals surface area contributed by atoms with E-state index in [1.54, 1.807) is 0 Å². The average molecular weight is 440 g/mol. The van der Waals surface area contributed by atoms with E-state index in [-0.39, 0.29) is 0 Å². The van der Waals surface area contributed by atoms with E-state index < -0.39 is 0 Å². The van der Waals surface area contributed by atoms with E-state index in [9.17, 15) is 0 Å². The lowest BCUT2D eigenvalue weighted by atomic mass is 10.0. The van der Waals surface area contributed by atoms with Crippen LogP contribution in [0.2, 0.25) is 0 Å². The molecule has 1 aromatic heterocycles. The summed E-state index contributed by atoms with van der Waals surface area (Å²) < 4.78 is 6.28. The Morgan fingerprint density at radius 3 is 2.21 bits per heavy atom. The van der Waals surface area contributed by atoms with Gasteiger partial charge in [0.15, 0.2) is 0 Å². The Morgan fingerprint density at radius 2 is 1.38 bits per heavy atom. The van der Waals surface area contributed by atoms with Gasteiger partial charge in [-0.25, -0.2) is 0 Å². The Labute approximate surface area is 199 Å². The van der Waals surface area contributed by atoms with Gasteiger partial charge in [0, 0.05) is 27.6 Å². The molecule has 0 saturated heterocycles. The predicted octanol–water partition coefficient (Wildman–Crippen LogP) is 7.02. The van der Waals surface area contributed by atoms with Crippen molar-refractivity contribution in [1.29, 1.82) is 0 Å². The van der Waals surface area contributed by atoms with Crippen LogP contribution in [0.15, 0.2) is 120 Å². The average Bonchev–Trinajstić information content (AvgIpc) is 3.05. The molecule has 4 aromatic rings. The number of benzene rings is 3. The number of furan rings is 1. The summed E-state index contributed by atoms with van der Waals surface area (Å²) in [6.45, 7) is 0. The smallest absolute Gasteiger partial charge is 0.142 e. The number of nitrogens with one attached hydrogen (secondary N) is 1. The van der Waals surface area contributed by atoms with Crippen molar-refractivity contribution in [1.82, 2.24) is 0 Å². The summed E-state index contributed by atoms with van der Waals surface area (Å²) in [5, 5.41) is 5.88. The summed E-state index contributed by atoms with van der Waals surface area (Å²) in [6, 6.07) is 25.4. The second-order valence-corrected chi connectivity index (χ2v) is 8.56. The Bertz CT molecular complexity index is 1590. The molecular weight excluding hydrogens is 414 g/mol. The molecule has 34 heavy (non-hydrogen) atoms. The number of hydrogen-bond acceptors (Lipinski definition) is 2. The van der Waals surface area contributed by atoms with Crippen LogP contribution in [0.5, 0.6) is 0 Å². The van der Waals surface area contributed by atoms with Gasteiger partial charge in [0.1, 0.15) is 11.0 Å². The number of hydrogen-bond donors (Lipinski definition) is 1. The van der Waals surface area contributed by atoms with Gasteiger partial charge in [-0.05, 0) is 59.9 Å². The third kappa shape index (κ3) is 3.95. The van der Waals surface area contributed by atoms with Gasteiger partial charge in [0.25, 0.3) is 0 Å². The molecule has 0 bridgehead atoms. The zero-order valence-corrected chi connectivity index (χ0v) is 18.9. The fraction of sp³-hybridized carbons (Fsp3) is 0.0625. The van der Waals surface area contributed by atoms with Crippen LogP contribution >= 0.6 is 0 Å². The maximum absolute atomic E-state index is 6.28. The van der Waals surface area contributed by atoms with Crippen LogP contribution in [0.25, 0.3) is 28.2 Å². The molecular formula is C32H25NO. The number of fused-ring (bicyclic) bond motifs is 3. The molecule has 0 radical (unpaired) electrons. The highest BCUT2D eigenvalue weighted by Crippen LogP contribution is 2.24. The predicted molar refractivity (Wildman–Crippen MR) is 143 cm³/mol. The van der Waals surface area contributed by atoms with Crippen LogP contribution in [-0.4, -0.2) is 0 Å². The standard InChI is InChI=1S/C32H25NO/c1-2-4-10-23(9-3-1)24-15-19-26(20-16-24)33-27-21-17-25(18-22-27)28-11-5-6-13-30-29-12-7-8-14-31(29)34-32(28)30/h1-3,5,7-22,33H,4,6H2. The first-order chi connectivity index (χ1) is 16.8. The third-order valence-electron chi connectivity index (χ3n) is 6.32. The largest absolute Gasteiger partial charge is 0.455 e. The van der Waals surface area contributed by atoms with Gasteiger partial charge in [0.2, 0.25) is 0 Å². The van der Waals surface area contributed by atoms with Crippen molar-refractivity contribution >= 4 is 39.6 Å². The molecule has 2 aliphatic rings. The minimum absolute atomic E-state index is 0.902. The molecule has 164 valence electrons. The zero-order chi connectivity index (χ0) is 22.7. The number of allylic oxidation sites excluding steroid dienone is 8. The topological polar surface area (TPSA) is 25.2 Å². The van der Waals surface area contributed by atoms with Crippen LogP contribution in [0.4, 0.5) is 11.4 Å². The number of para-hydroxylation sites is 1. The monoisotopic (exact) mass is 439 g/mol. The molecule has 1 N–H and O–H groups in total. The molecule has 0 spiro atoms. The van der Waals surface area contributed by atoms with E-state index >= 15 is 0 Å². The molecule has 0 saturated carbocycles. The van der Waals surface area contributed by atoms with Crippen LogP contribution in [-0.2, 0) is 0 Å². The van der Waals surface area contributed by atoms with Crippen molar-refractivity contribution in [2.75, 3.05) is 5.32 Å². The number of anilines is 2. The van der Waals surface area contributed by atoms with E-state index in [1.807, 2.05) is 12.1 Å². The van der Waals surface area contributed by atoms with Gasteiger partial charge in [0.05, 0.1) is 0 Å². The van der Waals surface area contributed by atoms with Crippen molar-refractivity contribution in [3.63, 3.8) is 0 Å². The molecule has 0 atom stereocenters. The number of rotatable bonds is 4. The summed E-state index contributed by atoms with van der Waals surface area (Å²) in [5.74, 6) is 0. The van der Waals surface area contributed by atoms with Crippen LogP contribution in [0, 0.1) is 0 Å². The van der Waals surface area contributed by atoms with Crippen molar-refractivity contribution in [3.05, 3.63) is 137 Å². The van der Waals surface area contributed by atoms with Gasteiger partial charge in [-0.2, -0.15) is 0 Å². The van der Waals surface area contributed by atoms with E-state index in [1.165, 1.54) is 21.7 Å². The maximum atomic E-state index is 6.28. The van der Waals surface area contributed by atoms with E-state index in [0.29, 0.717) is 0 Å². The highest BCUT2D eigenvalue weighted by molar-refractivity contribution is 5.83. The minimum atomic E-state index is 0.902. The molecule has 0 fully saturated rings. The highest BCUT2D eigenvalue weighted by Gasteiger charge is 2.10. The van der Waals surface area contributed by atoms with Crippen molar-refractivity contribution in [2.24, 2.45) is 0 Å². The van der Waals surface area contributed by atoms with Crippen molar-refractivity contribution in [2.45, 2.75) is 12.8 Å². The van der Waals surface area contributed by atoms with E-state index in [2.05, 4.69) is 115 Å². The van der Waals surface area contributed by atoms with Crippen LogP contribution in [0.1, 0.15) is 24.0 Å². The fourth-order valence-electron chi connectivity index (χ4n) is 4.58. The second kappa shape index (κ2) is 8.92. The van der Waals surface area contributed by atoms with Crippen LogP contribution < -0.4 is 16.0 Å². The fourth-order valence-corrected chi connectivity index (χ4v) is 4.58. The van der Waals surface area contributed by atoms with E-state index in [0.717, 1.165) is 46.4 Å². The summed E-state index contributed by atoms with van der Waals surface area (Å²) in [4.78, 5) is 0. The molecule has 3 aromatic carbocycles. The molecule has 1 heterocycles. The quantitative estimate of drug-likeness (QED) is 0.370. The Morgan fingerprint density at radius 1 is 0.647 bits per heavy atom. The van der Waals surface area contributed by atoms with Gasteiger partial charge in [-0.1, -0.05) is 91.1 Å². The first kappa shape index (κ1) is 20.3. The second-order valence-electron chi connectivity index (χ2n) is 8.56. The maximum Gasteiger partial charge on any atom is 0.142 e. The minimum Gasteiger partial charge on any atom is -0.455 e. The Balaban J connectivity index is 1.28. The lowest BCUT2D eigenvalue weighted by Gasteiger charge is -2.09. The third-order valence-corrected chi connectivity index (χ3v) is 6.32. The van der Waals surface area contributed by atoms with Gasteiger partial charge < -0.3 is 9.73 Å². The molecule has 2 aliphatic carbocycles. The Kier molecular flexibility index (Phi) is 5.33. The van der Waals surface area contributed by atoms with Crippen LogP contribution in [0.3, 0.4) is 0 Å². The van der Waals surface area contributed by atoms with Crippen molar-refractivity contribution < 1.29 is 4.42 Å². The molecule has 0 unspecified atom stereocenters. The van der Waals surface area contributed by atoms with Gasteiger partial charge >= 0.3 is 0 Å². The SMILES string of the molecule is C1=CCC=C(c2ccc(Nc3ccc(C4=c5oc6ccccc6c5=CCC=C4)cc3)cc2)C=C1. The van der Waals surface area contributed by atoms with E-state index in [4.69, 9.17) is 4.42 Å². The summed E-state index contributed by atoms with van der Waals surface area (Å²) in [6.07, 6.45) is 19.3. The van der Waals surface area contributed by atoms with Gasteiger partial charge in [-0.15, -0.1) is 0 Å². The highest BCUT2D eigenvalue weighted by atomic mass is 16.3. The summed E-state index contributed by atoms with van der Waals surface area (Å²) >= 11 is 0. The van der Waals surface area contributed by atoms with Crippen molar-refractivity contribution in [3.8, 4) is 0 Å². The molecule has 2 nitrogen and oxygen atoms in total. The molecule has 0 aliphatic heterocycles. The first-order valence-corrected chi connectivity index (χ1v) is 11.7. The lowest BCUT2D eigenvalue weighted by Crippen LogP contribution is -2.22. The lowest BCUT2D eigenvalue weighted by molar-refractivity contribution is 0.573. The Hall–Kier alpha value is -4.30. The molecule has 2 heteroatoms. The molecule has 0 amide bonds. The molecule has 6 rings (SSSR count). The summed E-state index contributed by atoms with van der Waals surface area (Å²) in [5.41, 5.74) is 8.77. The normalized spacial score (nSPS) is 14.8. The first-order valence-electron chi connectivity index (χ1n) is 11.7. The summed E-state index contributed by atoms with van der Waals surface area (Å²) in [7, 11) is 0. The zero-order valence-electron chi connectivity index (χ0n) is 18.9.